The van der Waals surface area contributed by atoms with Crippen molar-refractivity contribution in [3.63, 3.8) is 0 Å². The molecule has 7 aromatic carbocycles. The lowest BCUT2D eigenvalue weighted by molar-refractivity contribution is 0.662. The Labute approximate surface area is 319 Å². The van der Waals surface area contributed by atoms with Gasteiger partial charge in [-0.1, -0.05) is 172 Å². The number of rotatable bonds is 4. The zero-order chi connectivity index (χ0) is 36.7. The van der Waals surface area contributed by atoms with Crippen LogP contribution < -0.4 is 0 Å². The number of hydrogen-bond acceptors (Lipinski definition) is 3. The summed E-state index contributed by atoms with van der Waals surface area (Å²) in [6.07, 6.45) is 0. The van der Waals surface area contributed by atoms with Gasteiger partial charge in [0, 0.05) is 43.7 Å². The monoisotopic (exact) mass is 701 g/mol. The molecule has 0 fully saturated rings. The number of hydrogen-bond donors (Lipinski definition) is 0. The van der Waals surface area contributed by atoms with Gasteiger partial charge in [-0.2, -0.15) is 0 Å². The minimum absolute atomic E-state index is 0.197. The van der Waals surface area contributed by atoms with Crippen LogP contribution in [-0.4, -0.2) is 15.0 Å². The minimum atomic E-state index is -0.197. The summed E-state index contributed by atoms with van der Waals surface area (Å²) in [4.78, 5) is 15.8. The predicted octanol–water partition coefficient (Wildman–Crippen LogP) is 13.5. The van der Waals surface area contributed by atoms with Crippen LogP contribution in [-0.2, 0) is 5.41 Å². The van der Waals surface area contributed by atoms with Crippen LogP contribution in [0.15, 0.2) is 176 Å². The zero-order valence-corrected chi connectivity index (χ0v) is 30.6. The highest BCUT2D eigenvalue weighted by Gasteiger charge is 2.39. The topological polar surface area (TPSA) is 38.7 Å². The lowest BCUT2D eigenvalue weighted by Gasteiger charge is -2.25. The van der Waals surface area contributed by atoms with Gasteiger partial charge in [-0.05, 0) is 57.0 Å². The van der Waals surface area contributed by atoms with Crippen LogP contribution in [0.1, 0.15) is 25.0 Å². The largest absolute Gasteiger partial charge is 0.247 e. The lowest BCUT2D eigenvalue weighted by Crippen LogP contribution is -2.16. The summed E-state index contributed by atoms with van der Waals surface area (Å²) in [5.74, 6) is 0. The summed E-state index contributed by atoms with van der Waals surface area (Å²) in [6.45, 7) is 4.69. The predicted molar refractivity (Wildman–Crippen MR) is 229 cm³/mol. The first-order valence-corrected chi connectivity index (χ1v) is 18.9. The number of pyridine rings is 3. The summed E-state index contributed by atoms with van der Waals surface area (Å²) in [5.41, 5.74) is 16.5. The maximum absolute atomic E-state index is 5.45. The van der Waals surface area contributed by atoms with Gasteiger partial charge in [0.05, 0.1) is 33.6 Å². The van der Waals surface area contributed by atoms with Crippen LogP contribution in [0.3, 0.4) is 0 Å². The van der Waals surface area contributed by atoms with Crippen molar-refractivity contribution in [2.24, 2.45) is 0 Å². The Bertz CT molecular complexity index is 3160. The second kappa shape index (κ2) is 12.0. The molecule has 10 aromatic rings. The summed E-state index contributed by atoms with van der Waals surface area (Å²) in [5, 5.41) is 5.74. The van der Waals surface area contributed by atoms with Gasteiger partial charge in [-0.15, -0.1) is 0 Å². The van der Waals surface area contributed by atoms with Gasteiger partial charge in [-0.3, -0.25) is 0 Å². The van der Waals surface area contributed by atoms with E-state index >= 15 is 0 Å². The van der Waals surface area contributed by atoms with Crippen molar-refractivity contribution in [1.29, 1.82) is 0 Å². The van der Waals surface area contributed by atoms with E-state index in [1.54, 1.807) is 0 Å². The lowest BCUT2D eigenvalue weighted by atomic mass is 9.78. The van der Waals surface area contributed by atoms with Gasteiger partial charge in [0.2, 0.25) is 0 Å². The van der Waals surface area contributed by atoms with E-state index in [9.17, 15) is 0 Å². The summed E-state index contributed by atoms with van der Waals surface area (Å²) in [7, 11) is 0. The Morgan fingerprint density at radius 1 is 0.382 bits per heavy atom. The van der Waals surface area contributed by atoms with Gasteiger partial charge in [0.15, 0.2) is 0 Å². The first-order valence-electron chi connectivity index (χ1n) is 18.9. The number of fused-ring (bicyclic) bond motifs is 9. The third-order valence-corrected chi connectivity index (χ3v) is 11.6. The Kier molecular flexibility index (Phi) is 6.90. The smallest absolute Gasteiger partial charge is 0.0972 e. The molecule has 3 heterocycles. The zero-order valence-electron chi connectivity index (χ0n) is 30.6. The van der Waals surface area contributed by atoms with E-state index in [-0.39, 0.29) is 5.41 Å². The molecule has 3 aromatic heterocycles. The third kappa shape index (κ3) is 4.93. The van der Waals surface area contributed by atoms with E-state index in [1.165, 1.54) is 44.0 Å². The van der Waals surface area contributed by atoms with E-state index in [2.05, 4.69) is 184 Å². The van der Waals surface area contributed by atoms with Crippen LogP contribution >= 0.6 is 0 Å². The Balaban J connectivity index is 1.02. The number of aromatic nitrogens is 3. The number of benzene rings is 7. The standard InChI is InChI=1S/C52H35N3/c1-52(2)43-18-9-8-17-41(43)51-47(52)46(42-28-25-33-11-6-7-16-40(33)50(42)55-51)35-21-19-32(20-22-35)38-14-10-15-39(31-38)45-30-27-37-24-23-36-26-29-44(34-12-4-3-5-13-34)53-48(36)49(37)54-45/h3-31H,1-2H3. The van der Waals surface area contributed by atoms with Gasteiger partial charge >= 0.3 is 0 Å². The molecule has 1 aliphatic rings. The molecule has 0 saturated heterocycles. The number of nitrogens with zero attached hydrogens (tertiary/aromatic N) is 3. The van der Waals surface area contributed by atoms with Crippen LogP contribution in [0.5, 0.6) is 0 Å². The molecule has 0 aliphatic heterocycles. The molecule has 0 unspecified atom stereocenters. The average molecular weight is 702 g/mol. The van der Waals surface area contributed by atoms with E-state index < -0.39 is 0 Å². The molecular formula is C52H35N3. The summed E-state index contributed by atoms with van der Waals surface area (Å²) < 4.78 is 0. The molecule has 3 heteroatoms. The second-order valence-electron chi connectivity index (χ2n) is 15.2. The molecule has 0 spiro atoms. The summed E-state index contributed by atoms with van der Waals surface area (Å²) >= 11 is 0. The van der Waals surface area contributed by atoms with Crippen LogP contribution in [0, 0.1) is 0 Å². The minimum Gasteiger partial charge on any atom is -0.247 e. The van der Waals surface area contributed by atoms with Gasteiger partial charge in [0.25, 0.3) is 0 Å². The van der Waals surface area contributed by atoms with Crippen molar-refractivity contribution in [2.45, 2.75) is 19.3 Å². The van der Waals surface area contributed by atoms with Gasteiger partial charge in [0.1, 0.15) is 0 Å². The van der Waals surface area contributed by atoms with Crippen molar-refractivity contribution in [3.05, 3.63) is 187 Å². The van der Waals surface area contributed by atoms with Crippen molar-refractivity contribution >= 4 is 43.5 Å². The molecule has 0 radical (unpaired) electrons. The maximum Gasteiger partial charge on any atom is 0.0972 e. The van der Waals surface area contributed by atoms with E-state index in [0.29, 0.717) is 0 Å². The Morgan fingerprint density at radius 3 is 1.76 bits per heavy atom. The Morgan fingerprint density at radius 2 is 0.982 bits per heavy atom. The highest BCUT2D eigenvalue weighted by atomic mass is 14.8. The van der Waals surface area contributed by atoms with E-state index in [0.717, 1.165) is 66.7 Å². The van der Waals surface area contributed by atoms with Gasteiger partial charge in [-0.25, -0.2) is 15.0 Å². The Hall–Kier alpha value is -6.97. The summed E-state index contributed by atoms with van der Waals surface area (Å²) in [6, 6.07) is 62.9. The molecule has 0 N–H and O–H groups in total. The molecule has 0 atom stereocenters. The molecular weight excluding hydrogens is 667 g/mol. The highest BCUT2D eigenvalue weighted by Crippen LogP contribution is 2.53. The van der Waals surface area contributed by atoms with Gasteiger partial charge < -0.3 is 0 Å². The SMILES string of the molecule is CC1(C)c2ccccc2-c2nc3c(ccc4ccccc43)c(-c3ccc(-c4cccc(-c5ccc6ccc7ccc(-c8ccccc8)nc7c6n5)c4)cc3)c21. The fourth-order valence-corrected chi connectivity index (χ4v) is 8.86. The molecule has 0 amide bonds. The third-order valence-electron chi connectivity index (χ3n) is 11.6. The molecule has 258 valence electrons. The molecule has 55 heavy (non-hydrogen) atoms. The maximum atomic E-state index is 5.45. The highest BCUT2D eigenvalue weighted by molar-refractivity contribution is 6.13. The first kappa shape index (κ1) is 31.5. The fraction of sp³-hybridized carbons (Fsp3) is 0.0577. The molecule has 3 nitrogen and oxygen atoms in total. The molecule has 1 aliphatic carbocycles. The van der Waals surface area contributed by atoms with E-state index in [4.69, 9.17) is 15.0 Å². The van der Waals surface area contributed by atoms with Crippen molar-refractivity contribution in [2.75, 3.05) is 0 Å². The fourth-order valence-electron chi connectivity index (χ4n) is 8.86. The second-order valence-corrected chi connectivity index (χ2v) is 15.2. The average Bonchev–Trinajstić information content (AvgIpc) is 3.48. The van der Waals surface area contributed by atoms with E-state index in [1.807, 2.05) is 6.07 Å². The van der Waals surface area contributed by atoms with Crippen LogP contribution in [0.4, 0.5) is 0 Å². The quantitative estimate of drug-likeness (QED) is 0.171. The van der Waals surface area contributed by atoms with Crippen molar-refractivity contribution in [1.82, 2.24) is 15.0 Å². The molecule has 0 saturated carbocycles. The molecule has 0 bridgehead atoms. The van der Waals surface area contributed by atoms with Crippen molar-refractivity contribution < 1.29 is 0 Å². The van der Waals surface area contributed by atoms with Crippen molar-refractivity contribution in [3.8, 4) is 56.0 Å². The first-order chi connectivity index (χ1) is 27.0. The molecule has 11 rings (SSSR count). The van der Waals surface area contributed by atoms with Crippen LogP contribution in [0.25, 0.3) is 99.5 Å². The van der Waals surface area contributed by atoms with Crippen LogP contribution in [0.2, 0.25) is 0 Å². The normalized spacial score (nSPS) is 13.1.